The molecule has 1 aliphatic heterocycles. The second-order valence-corrected chi connectivity index (χ2v) is 10.1. The molecule has 1 saturated carbocycles. The summed E-state index contributed by atoms with van der Waals surface area (Å²) in [6.07, 6.45) is 2.06. The summed E-state index contributed by atoms with van der Waals surface area (Å²) in [6.45, 7) is 11.2. The first-order valence-corrected chi connectivity index (χ1v) is 11.3. The molecule has 1 amide bonds. The van der Waals surface area contributed by atoms with Crippen LogP contribution in [-0.4, -0.2) is 46.9 Å². The Bertz CT molecular complexity index is 811. The number of aromatic nitrogens is 1. The Kier molecular flexibility index (Phi) is 5.57. The number of nitrogens with zero attached hydrogens (tertiary/aromatic N) is 3. The summed E-state index contributed by atoms with van der Waals surface area (Å²) in [4.78, 5) is 22.4. The summed E-state index contributed by atoms with van der Waals surface area (Å²) in [5, 5.41) is 3.40. The van der Waals surface area contributed by atoms with E-state index in [1.165, 1.54) is 16.3 Å². The third kappa shape index (κ3) is 4.47. The van der Waals surface area contributed by atoms with Crippen LogP contribution in [0.3, 0.4) is 0 Å². The Morgan fingerprint density at radius 3 is 2.64 bits per heavy atom. The average molecular weight is 398 g/mol. The first-order valence-electron chi connectivity index (χ1n) is 10.4. The van der Waals surface area contributed by atoms with Gasteiger partial charge in [-0.15, -0.1) is 11.3 Å². The smallest absolute Gasteiger partial charge is 0.226 e. The minimum atomic E-state index is 0.116. The fraction of sp³-hybridized carbons (Fsp3) is 0.565. The van der Waals surface area contributed by atoms with Crippen LogP contribution in [0.1, 0.15) is 55.8 Å². The van der Waals surface area contributed by atoms with Crippen molar-refractivity contribution in [1.29, 1.82) is 0 Å². The van der Waals surface area contributed by atoms with Crippen LogP contribution < -0.4 is 0 Å². The fourth-order valence-corrected chi connectivity index (χ4v) is 4.97. The molecule has 2 heterocycles. The summed E-state index contributed by atoms with van der Waals surface area (Å²) in [5.74, 6) is 0.986. The van der Waals surface area contributed by atoms with Crippen LogP contribution in [-0.2, 0) is 16.8 Å². The number of carbonyl (C=O) groups excluding carboxylic acids is 1. The minimum Gasteiger partial charge on any atom is -0.341 e. The molecule has 2 aromatic rings. The molecule has 0 radical (unpaired) electrons. The second-order valence-electron chi connectivity index (χ2n) is 9.21. The van der Waals surface area contributed by atoms with E-state index < -0.39 is 0 Å². The maximum atomic E-state index is 13.0. The molecule has 0 N–H and O–H groups in total. The van der Waals surface area contributed by atoms with Gasteiger partial charge in [-0.05, 0) is 24.3 Å². The molecule has 150 valence electrons. The van der Waals surface area contributed by atoms with E-state index in [9.17, 15) is 4.79 Å². The van der Waals surface area contributed by atoms with Gasteiger partial charge in [-0.2, -0.15) is 0 Å². The van der Waals surface area contributed by atoms with E-state index >= 15 is 0 Å². The predicted molar refractivity (Wildman–Crippen MR) is 115 cm³/mol. The Labute approximate surface area is 172 Å². The SMILES string of the molecule is CC(C)(C)c1nc(CN2CCCN(C(=O)C3CC3c3ccccc3)CC2)cs1. The first-order chi connectivity index (χ1) is 13.4. The van der Waals surface area contributed by atoms with Gasteiger partial charge >= 0.3 is 0 Å². The lowest BCUT2D eigenvalue weighted by molar-refractivity contribution is -0.132. The van der Waals surface area contributed by atoms with Crippen molar-refractivity contribution in [2.24, 2.45) is 5.92 Å². The monoisotopic (exact) mass is 397 g/mol. The van der Waals surface area contributed by atoms with E-state index in [1.54, 1.807) is 11.3 Å². The van der Waals surface area contributed by atoms with Crippen LogP contribution in [0.25, 0.3) is 0 Å². The van der Waals surface area contributed by atoms with Crippen molar-refractivity contribution in [2.45, 2.75) is 51.5 Å². The fourth-order valence-electron chi connectivity index (χ4n) is 4.07. The Balaban J connectivity index is 1.30. The summed E-state index contributed by atoms with van der Waals surface area (Å²) in [6, 6.07) is 10.5. The van der Waals surface area contributed by atoms with Crippen LogP contribution in [0.15, 0.2) is 35.7 Å². The van der Waals surface area contributed by atoms with Crippen molar-refractivity contribution in [1.82, 2.24) is 14.8 Å². The van der Waals surface area contributed by atoms with Crippen molar-refractivity contribution in [3.8, 4) is 0 Å². The molecule has 0 spiro atoms. The molecule has 1 aromatic heterocycles. The number of benzene rings is 1. The lowest BCUT2D eigenvalue weighted by Gasteiger charge is -2.22. The van der Waals surface area contributed by atoms with Gasteiger partial charge in [-0.25, -0.2) is 4.98 Å². The molecular weight excluding hydrogens is 366 g/mol. The summed E-state index contributed by atoms with van der Waals surface area (Å²) in [7, 11) is 0. The van der Waals surface area contributed by atoms with Crippen LogP contribution in [0, 0.1) is 5.92 Å². The largest absolute Gasteiger partial charge is 0.341 e. The number of hydrogen-bond acceptors (Lipinski definition) is 4. The Hall–Kier alpha value is -1.72. The van der Waals surface area contributed by atoms with Gasteiger partial charge in [0.1, 0.15) is 0 Å². The molecule has 1 aromatic carbocycles. The highest BCUT2D eigenvalue weighted by Crippen LogP contribution is 2.48. The number of carbonyl (C=O) groups is 1. The van der Waals surface area contributed by atoms with Gasteiger partial charge in [0.05, 0.1) is 10.7 Å². The zero-order valence-corrected chi connectivity index (χ0v) is 18.0. The topological polar surface area (TPSA) is 36.4 Å². The molecule has 1 aliphatic carbocycles. The molecule has 4 nitrogen and oxygen atoms in total. The zero-order chi connectivity index (χ0) is 19.7. The van der Waals surface area contributed by atoms with Gasteiger partial charge in [-0.3, -0.25) is 9.69 Å². The number of thiazole rings is 1. The van der Waals surface area contributed by atoms with E-state index in [1.807, 2.05) is 6.07 Å². The standard InChI is InChI=1S/C23H31N3OS/c1-23(2,3)22-24-18(16-28-22)15-25-10-7-11-26(13-12-25)21(27)20-14-19(20)17-8-5-4-6-9-17/h4-6,8-9,16,19-20H,7,10-15H2,1-3H3. The van der Waals surface area contributed by atoms with Gasteiger partial charge in [0.2, 0.25) is 5.91 Å². The van der Waals surface area contributed by atoms with Crippen LogP contribution in [0.2, 0.25) is 0 Å². The third-order valence-corrected chi connectivity index (χ3v) is 7.13. The summed E-state index contributed by atoms with van der Waals surface area (Å²) < 4.78 is 0. The highest BCUT2D eigenvalue weighted by Gasteiger charge is 2.45. The zero-order valence-electron chi connectivity index (χ0n) is 17.2. The Morgan fingerprint density at radius 2 is 1.93 bits per heavy atom. The normalized spacial score (nSPS) is 23.5. The minimum absolute atomic E-state index is 0.116. The van der Waals surface area contributed by atoms with E-state index in [2.05, 4.69) is 60.2 Å². The van der Waals surface area contributed by atoms with Gasteiger partial charge < -0.3 is 4.90 Å². The first kappa shape index (κ1) is 19.6. The van der Waals surface area contributed by atoms with Crippen molar-refractivity contribution in [3.63, 3.8) is 0 Å². The summed E-state index contributed by atoms with van der Waals surface area (Å²) >= 11 is 1.76. The van der Waals surface area contributed by atoms with Crippen LogP contribution in [0.5, 0.6) is 0 Å². The molecular formula is C23H31N3OS. The van der Waals surface area contributed by atoms with Crippen molar-refractivity contribution < 1.29 is 4.79 Å². The molecule has 28 heavy (non-hydrogen) atoms. The second kappa shape index (κ2) is 7.96. The van der Waals surface area contributed by atoms with E-state index in [0.29, 0.717) is 11.8 Å². The van der Waals surface area contributed by atoms with Crippen molar-refractivity contribution >= 4 is 17.2 Å². The van der Waals surface area contributed by atoms with Gasteiger partial charge in [0.25, 0.3) is 0 Å². The molecule has 2 aliphatic rings. The van der Waals surface area contributed by atoms with Gasteiger partial charge in [-0.1, -0.05) is 51.1 Å². The lowest BCUT2D eigenvalue weighted by Crippen LogP contribution is -2.36. The number of hydrogen-bond donors (Lipinski definition) is 0. The number of amides is 1. The highest BCUT2D eigenvalue weighted by atomic mass is 32.1. The van der Waals surface area contributed by atoms with Crippen molar-refractivity contribution in [2.75, 3.05) is 26.2 Å². The molecule has 2 unspecified atom stereocenters. The maximum absolute atomic E-state index is 13.0. The predicted octanol–water partition coefficient (Wildman–Crippen LogP) is 4.28. The average Bonchev–Trinajstić information content (AvgIpc) is 3.38. The Morgan fingerprint density at radius 1 is 1.14 bits per heavy atom. The highest BCUT2D eigenvalue weighted by molar-refractivity contribution is 7.09. The molecule has 2 atom stereocenters. The van der Waals surface area contributed by atoms with E-state index in [4.69, 9.17) is 4.98 Å². The quantitative estimate of drug-likeness (QED) is 0.773. The molecule has 5 heteroatoms. The van der Waals surface area contributed by atoms with E-state index in [0.717, 1.165) is 45.6 Å². The summed E-state index contributed by atoms with van der Waals surface area (Å²) in [5.41, 5.74) is 2.60. The van der Waals surface area contributed by atoms with Gasteiger partial charge in [0, 0.05) is 49.4 Å². The number of rotatable bonds is 4. The molecule has 1 saturated heterocycles. The third-order valence-electron chi connectivity index (χ3n) is 5.81. The maximum Gasteiger partial charge on any atom is 0.226 e. The van der Waals surface area contributed by atoms with Crippen LogP contribution >= 0.6 is 11.3 Å². The molecule has 4 rings (SSSR count). The van der Waals surface area contributed by atoms with Crippen LogP contribution in [0.4, 0.5) is 0 Å². The van der Waals surface area contributed by atoms with E-state index in [-0.39, 0.29) is 11.3 Å². The molecule has 2 fully saturated rings. The van der Waals surface area contributed by atoms with Gasteiger partial charge in [0.15, 0.2) is 0 Å². The van der Waals surface area contributed by atoms with Crippen molar-refractivity contribution in [3.05, 3.63) is 52.0 Å². The molecule has 0 bridgehead atoms. The lowest BCUT2D eigenvalue weighted by atomic mass is 9.98.